The van der Waals surface area contributed by atoms with Crippen LogP contribution in [-0.4, -0.2) is 9.97 Å². The summed E-state index contributed by atoms with van der Waals surface area (Å²) in [5, 5.41) is 0. The first-order chi connectivity index (χ1) is 8.99. The summed E-state index contributed by atoms with van der Waals surface area (Å²) in [7, 11) is 0. The Morgan fingerprint density at radius 3 is 2.05 bits per heavy atom. The molecule has 0 aliphatic carbocycles. The van der Waals surface area contributed by atoms with Crippen molar-refractivity contribution in [2.45, 2.75) is 12.7 Å². The lowest BCUT2D eigenvalue weighted by Gasteiger charge is -2.07. The van der Waals surface area contributed by atoms with Crippen LogP contribution in [0.2, 0.25) is 0 Å². The van der Waals surface area contributed by atoms with Crippen molar-refractivity contribution in [3.05, 3.63) is 48.0 Å². The van der Waals surface area contributed by atoms with Gasteiger partial charge in [-0.1, -0.05) is 12.1 Å². The Bertz CT molecular complexity index is 538. The molecule has 0 unspecified atom stereocenters. The lowest BCUT2D eigenvalue weighted by Crippen LogP contribution is -2.10. The van der Waals surface area contributed by atoms with Crippen LogP contribution < -0.4 is 10.5 Å². The van der Waals surface area contributed by atoms with E-state index in [1.807, 2.05) is 0 Å². The number of aromatic nitrogens is 2. The third-order valence-corrected chi connectivity index (χ3v) is 2.28. The Kier molecular flexibility index (Phi) is 3.66. The third-order valence-electron chi connectivity index (χ3n) is 2.28. The first-order valence-corrected chi connectivity index (χ1v) is 5.35. The van der Waals surface area contributed by atoms with Crippen molar-refractivity contribution in [1.82, 2.24) is 9.97 Å². The van der Waals surface area contributed by atoms with Crippen molar-refractivity contribution in [1.29, 1.82) is 0 Å². The molecule has 2 aromatic rings. The van der Waals surface area contributed by atoms with Crippen LogP contribution in [0.25, 0.3) is 0 Å². The lowest BCUT2D eigenvalue weighted by molar-refractivity contribution is -0.145. The van der Waals surface area contributed by atoms with Gasteiger partial charge in [0.2, 0.25) is 5.82 Å². The molecule has 0 saturated heterocycles. The fraction of sp³-hybridized carbons (Fsp3) is 0.167. The van der Waals surface area contributed by atoms with Gasteiger partial charge in [0.15, 0.2) is 5.75 Å². The highest BCUT2D eigenvalue weighted by atomic mass is 19.4. The van der Waals surface area contributed by atoms with Crippen LogP contribution >= 0.6 is 0 Å². The number of alkyl halides is 3. The molecule has 0 fully saturated rings. The van der Waals surface area contributed by atoms with Gasteiger partial charge in [0, 0.05) is 6.54 Å². The van der Waals surface area contributed by atoms with E-state index < -0.39 is 12.0 Å². The Balaban J connectivity index is 2.10. The Hall–Kier alpha value is -2.15. The highest BCUT2D eigenvalue weighted by Gasteiger charge is 2.34. The van der Waals surface area contributed by atoms with Crippen LogP contribution in [-0.2, 0) is 12.7 Å². The molecule has 2 N–H and O–H groups in total. The summed E-state index contributed by atoms with van der Waals surface area (Å²) < 4.78 is 42.1. The van der Waals surface area contributed by atoms with E-state index in [9.17, 15) is 13.2 Å². The summed E-state index contributed by atoms with van der Waals surface area (Å²) >= 11 is 0. The molecule has 1 heterocycles. The normalized spacial score (nSPS) is 11.4. The van der Waals surface area contributed by atoms with E-state index in [4.69, 9.17) is 10.5 Å². The summed E-state index contributed by atoms with van der Waals surface area (Å²) in [5.74, 6) is -0.590. The number of halogens is 3. The Morgan fingerprint density at radius 2 is 1.58 bits per heavy atom. The molecular weight excluding hydrogens is 259 g/mol. The van der Waals surface area contributed by atoms with Gasteiger partial charge in [0.1, 0.15) is 5.75 Å². The summed E-state index contributed by atoms with van der Waals surface area (Å²) in [5.41, 5.74) is 6.37. The average Bonchev–Trinajstić information content (AvgIpc) is 2.39. The van der Waals surface area contributed by atoms with Crippen LogP contribution in [0.1, 0.15) is 11.4 Å². The standard InChI is InChI=1S/C12H10F3N3O/c13-12(14,15)11-17-6-10(7-18-11)19-9-3-1-8(5-16)2-4-9/h1-4,6-7H,5,16H2. The number of nitrogens with zero attached hydrogens (tertiary/aromatic N) is 2. The molecule has 100 valence electrons. The first kappa shape index (κ1) is 13.3. The molecule has 19 heavy (non-hydrogen) atoms. The number of hydrogen-bond acceptors (Lipinski definition) is 4. The zero-order valence-corrected chi connectivity index (χ0v) is 9.69. The molecule has 0 amide bonds. The van der Waals surface area contributed by atoms with E-state index in [-0.39, 0.29) is 5.75 Å². The highest BCUT2D eigenvalue weighted by Crippen LogP contribution is 2.27. The van der Waals surface area contributed by atoms with Gasteiger partial charge < -0.3 is 10.5 Å². The molecule has 0 aliphatic rings. The van der Waals surface area contributed by atoms with Crippen LogP contribution in [0, 0.1) is 0 Å². The highest BCUT2D eigenvalue weighted by molar-refractivity contribution is 5.31. The number of nitrogens with two attached hydrogens (primary N) is 1. The number of hydrogen-bond donors (Lipinski definition) is 1. The maximum absolute atomic E-state index is 12.3. The van der Waals surface area contributed by atoms with E-state index in [1.54, 1.807) is 24.3 Å². The summed E-state index contributed by atoms with van der Waals surface area (Å²) in [6.07, 6.45) is -2.60. The summed E-state index contributed by atoms with van der Waals surface area (Å²) in [4.78, 5) is 6.40. The fourth-order valence-corrected chi connectivity index (χ4v) is 1.34. The second kappa shape index (κ2) is 5.23. The van der Waals surface area contributed by atoms with Gasteiger partial charge in [-0.15, -0.1) is 0 Å². The van der Waals surface area contributed by atoms with Crippen LogP contribution in [0.5, 0.6) is 11.5 Å². The van der Waals surface area contributed by atoms with Crippen LogP contribution in [0.4, 0.5) is 13.2 Å². The van der Waals surface area contributed by atoms with Gasteiger partial charge in [-0.3, -0.25) is 0 Å². The van der Waals surface area contributed by atoms with Crippen LogP contribution in [0.3, 0.4) is 0 Å². The molecular formula is C12H10F3N3O. The quantitative estimate of drug-likeness (QED) is 0.930. The van der Waals surface area contributed by atoms with Gasteiger partial charge in [-0.2, -0.15) is 13.2 Å². The molecule has 0 spiro atoms. The van der Waals surface area contributed by atoms with Gasteiger partial charge >= 0.3 is 6.18 Å². The van der Waals surface area contributed by atoms with E-state index in [0.29, 0.717) is 12.3 Å². The monoisotopic (exact) mass is 269 g/mol. The largest absolute Gasteiger partial charge is 0.454 e. The second-order valence-electron chi connectivity index (χ2n) is 3.69. The Labute approximate surface area is 107 Å². The first-order valence-electron chi connectivity index (χ1n) is 5.35. The zero-order valence-electron chi connectivity index (χ0n) is 9.69. The number of benzene rings is 1. The van der Waals surface area contributed by atoms with Crippen LogP contribution in [0.15, 0.2) is 36.7 Å². The third kappa shape index (κ3) is 3.41. The SMILES string of the molecule is NCc1ccc(Oc2cnc(C(F)(F)F)nc2)cc1. The molecule has 0 radical (unpaired) electrons. The molecule has 4 nitrogen and oxygen atoms in total. The van der Waals surface area contributed by atoms with E-state index in [2.05, 4.69) is 9.97 Å². The minimum atomic E-state index is -4.55. The molecule has 0 bridgehead atoms. The Morgan fingerprint density at radius 1 is 1.00 bits per heavy atom. The molecule has 7 heteroatoms. The van der Waals surface area contributed by atoms with Crippen molar-refractivity contribution in [2.75, 3.05) is 0 Å². The maximum atomic E-state index is 12.3. The van der Waals surface area contributed by atoms with Crippen molar-refractivity contribution in [3.63, 3.8) is 0 Å². The second-order valence-corrected chi connectivity index (χ2v) is 3.69. The predicted octanol–water partition coefficient (Wildman–Crippen LogP) is 2.75. The fourth-order valence-electron chi connectivity index (χ4n) is 1.34. The molecule has 0 atom stereocenters. The minimum Gasteiger partial charge on any atom is -0.454 e. The predicted molar refractivity (Wildman–Crippen MR) is 61.4 cm³/mol. The molecule has 0 aliphatic heterocycles. The molecule has 2 rings (SSSR count). The minimum absolute atomic E-state index is 0.133. The van der Waals surface area contributed by atoms with E-state index in [0.717, 1.165) is 18.0 Å². The number of rotatable bonds is 3. The van der Waals surface area contributed by atoms with Crippen molar-refractivity contribution >= 4 is 0 Å². The van der Waals surface area contributed by atoms with Gasteiger partial charge in [0.05, 0.1) is 12.4 Å². The van der Waals surface area contributed by atoms with Crippen molar-refractivity contribution < 1.29 is 17.9 Å². The van der Waals surface area contributed by atoms with E-state index in [1.165, 1.54) is 0 Å². The summed E-state index contributed by atoms with van der Waals surface area (Å²) in [6.45, 7) is 0.406. The topological polar surface area (TPSA) is 61.0 Å². The molecule has 0 saturated carbocycles. The van der Waals surface area contributed by atoms with Gasteiger partial charge in [-0.25, -0.2) is 9.97 Å². The maximum Gasteiger partial charge on any atom is 0.451 e. The average molecular weight is 269 g/mol. The summed E-state index contributed by atoms with van der Waals surface area (Å²) in [6, 6.07) is 6.86. The van der Waals surface area contributed by atoms with Gasteiger partial charge in [-0.05, 0) is 17.7 Å². The molecule has 1 aromatic heterocycles. The lowest BCUT2D eigenvalue weighted by atomic mass is 10.2. The van der Waals surface area contributed by atoms with Crippen molar-refractivity contribution in [3.8, 4) is 11.5 Å². The molecule has 1 aromatic carbocycles. The number of ether oxygens (including phenoxy) is 1. The zero-order chi connectivity index (χ0) is 13.9. The van der Waals surface area contributed by atoms with Gasteiger partial charge in [0.25, 0.3) is 0 Å². The van der Waals surface area contributed by atoms with Crippen molar-refractivity contribution in [2.24, 2.45) is 5.73 Å². The van der Waals surface area contributed by atoms with E-state index >= 15 is 0 Å². The smallest absolute Gasteiger partial charge is 0.451 e.